The van der Waals surface area contributed by atoms with Crippen molar-refractivity contribution in [2.75, 3.05) is 36.0 Å². The van der Waals surface area contributed by atoms with Crippen LogP contribution in [-0.4, -0.2) is 60.0 Å². The molecule has 3 saturated heterocycles. The molecular formula is C71H56N6O7S3. The highest BCUT2D eigenvalue weighted by Gasteiger charge is 2.37. The molecule has 0 spiro atoms. The largest absolute Gasteiger partial charge is 0.493 e. The zero-order valence-electron chi connectivity index (χ0n) is 47.5. The summed E-state index contributed by atoms with van der Waals surface area (Å²) in [4.78, 5) is 51.0. The maximum Gasteiger partial charge on any atom is 0.271 e. The predicted octanol–water partition coefficient (Wildman–Crippen LogP) is 16.3. The number of ether oxygens (including phenoxy) is 4. The normalized spacial score (nSPS) is 17.9. The van der Waals surface area contributed by atoms with Gasteiger partial charge in [0.2, 0.25) is 0 Å². The predicted molar refractivity (Wildman–Crippen MR) is 357 cm³/mol. The van der Waals surface area contributed by atoms with Gasteiger partial charge in [-0.1, -0.05) is 145 Å². The Morgan fingerprint density at radius 2 is 0.977 bits per heavy atom. The van der Waals surface area contributed by atoms with Crippen molar-refractivity contribution in [3.05, 3.63) is 273 Å². The number of para-hydroxylation sites is 4. The molecule has 0 radical (unpaired) electrons. The Morgan fingerprint density at radius 3 is 1.62 bits per heavy atom. The number of carbonyl (C=O) groups is 2. The number of benzene rings is 9. The van der Waals surface area contributed by atoms with Crippen molar-refractivity contribution in [3.63, 3.8) is 0 Å². The second-order valence-electron chi connectivity index (χ2n) is 20.0. The number of methoxy groups -OCH3 is 3. The standard InChI is InChI=1S/C71H56N6O7S3/c1-81-45-48-32-30-47(31-33-48)41-63-68(80)77(70(85-63)73-54-22-10-5-11-23-54)58-29-16-18-51(38-58)46-84-60-36-34-49(42-64-66(78)75(56-25-12-6-13-26-56)69(86-64)72-53-20-8-4-9-21-53)39-59(60)52-19-17-24-55(44-52)74-71-76(57-27-14-7-15-28-57)67(79)65(87-71)43-50-35-37-61(82-2)62(40-50)83-3/h4-44,66,78H,45-46H2,1-3H3/b63-41-,64-42-,65-43-,72-69?,73-70?,74-71?. The molecule has 3 heterocycles. The number of anilines is 3. The Bertz CT molecular complexity index is 4200. The van der Waals surface area contributed by atoms with Crippen LogP contribution in [0.2, 0.25) is 0 Å². The van der Waals surface area contributed by atoms with E-state index < -0.39 is 6.23 Å². The van der Waals surface area contributed by atoms with Crippen LogP contribution in [0, 0.1) is 0 Å². The summed E-state index contributed by atoms with van der Waals surface area (Å²) in [6.07, 6.45) is 4.66. The average molecular weight is 1200 g/mol. The molecule has 87 heavy (non-hydrogen) atoms. The summed E-state index contributed by atoms with van der Waals surface area (Å²) in [6.45, 7) is 0.632. The summed E-state index contributed by atoms with van der Waals surface area (Å²) in [6, 6.07) is 73.4. The lowest BCUT2D eigenvalue weighted by atomic mass is 10.0. The van der Waals surface area contributed by atoms with Gasteiger partial charge in [0.15, 0.2) is 33.2 Å². The number of aliphatic imine (C=N–C) groups is 3. The molecule has 3 aliphatic heterocycles. The van der Waals surface area contributed by atoms with Crippen LogP contribution in [0.3, 0.4) is 0 Å². The number of amides is 2. The fourth-order valence-electron chi connectivity index (χ4n) is 9.89. The van der Waals surface area contributed by atoms with E-state index in [2.05, 4.69) is 0 Å². The number of aliphatic hydroxyl groups is 1. The molecule has 13 nitrogen and oxygen atoms in total. The van der Waals surface area contributed by atoms with Crippen LogP contribution in [-0.2, 0) is 27.5 Å². The molecule has 1 N–H and O–H groups in total. The molecule has 0 aliphatic carbocycles. The fraction of sp³-hybridized carbons (Fsp3) is 0.0845. The molecule has 0 aromatic heterocycles. The zero-order valence-corrected chi connectivity index (χ0v) is 49.9. The van der Waals surface area contributed by atoms with Crippen molar-refractivity contribution in [1.82, 2.24) is 0 Å². The average Bonchev–Trinajstić information content (AvgIpc) is 2.03. The van der Waals surface area contributed by atoms with Gasteiger partial charge in [-0.15, -0.1) is 0 Å². The number of hydrogen-bond donors (Lipinski definition) is 1. The van der Waals surface area contributed by atoms with Crippen LogP contribution >= 0.6 is 35.3 Å². The first-order valence-electron chi connectivity index (χ1n) is 27.8. The maximum atomic E-state index is 14.5. The molecule has 12 rings (SSSR count). The Balaban J connectivity index is 0.904. The minimum absolute atomic E-state index is 0.139. The summed E-state index contributed by atoms with van der Waals surface area (Å²) < 4.78 is 23.2. The number of hydrogen-bond acceptors (Lipinski definition) is 13. The number of carbonyl (C=O) groups excluding carboxylic acids is 2. The highest BCUT2D eigenvalue weighted by atomic mass is 32.2. The topological polar surface area (TPSA) is 138 Å². The van der Waals surface area contributed by atoms with Crippen molar-refractivity contribution in [1.29, 1.82) is 0 Å². The Hall–Kier alpha value is -9.68. The van der Waals surface area contributed by atoms with E-state index in [4.69, 9.17) is 33.9 Å². The Morgan fingerprint density at radius 1 is 0.448 bits per heavy atom. The molecule has 2 amide bonds. The maximum absolute atomic E-state index is 14.5. The molecule has 0 saturated carbocycles. The van der Waals surface area contributed by atoms with E-state index in [-0.39, 0.29) is 18.4 Å². The molecule has 3 aliphatic rings. The van der Waals surface area contributed by atoms with Gasteiger partial charge in [0.05, 0.1) is 59.1 Å². The SMILES string of the molecule is COCc1ccc(/C=C2\SC(=Nc3ccccc3)N(c3cccc(COc4ccc(/C=C5\SC(=Nc6ccccc6)N(c6ccccc6)C5O)cc4-c4cccc(N=C5S/C(=C\c6ccc(OC)c(OC)c6)C(=O)N5c5ccccc5)c4)c3)C2=O)cc1. The molecule has 1 unspecified atom stereocenters. The van der Waals surface area contributed by atoms with Crippen LogP contribution in [0.5, 0.6) is 17.2 Å². The smallest absolute Gasteiger partial charge is 0.271 e. The highest BCUT2D eigenvalue weighted by molar-refractivity contribution is 8.19. The van der Waals surface area contributed by atoms with Gasteiger partial charge in [0.1, 0.15) is 12.4 Å². The summed E-state index contributed by atoms with van der Waals surface area (Å²) in [7, 11) is 4.83. The minimum atomic E-state index is -1.03. The van der Waals surface area contributed by atoms with Gasteiger partial charge in [-0.05, 0) is 172 Å². The summed E-state index contributed by atoms with van der Waals surface area (Å²) >= 11 is 4.01. The van der Waals surface area contributed by atoms with E-state index in [0.29, 0.717) is 71.1 Å². The lowest BCUT2D eigenvalue weighted by Crippen LogP contribution is -2.32. The number of aliphatic hydroxyl groups excluding tert-OH is 1. The molecule has 1 atom stereocenters. The molecule has 9 aromatic rings. The molecular weight excluding hydrogens is 1150 g/mol. The molecule has 9 aromatic carbocycles. The quantitative estimate of drug-likeness (QED) is 0.0872. The lowest BCUT2D eigenvalue weighted by Gasteiger charge is -2.22. The third-order valence-corrected chi connectivity index (χ3v) is 17.1. The molecule has 3 fully saturated rings. The van der Waals surface area contributed by atoms with Gasteiger partial charge in [0.25, 0.3) is 11.8 Å². The van der Waals surface area contributed by atoms with Gasteiger partial charge in [0, 0.05) is 23.3 Å². The lowest BCUT2D eigenvalue weighted by molar-refractivity contribution is -0.114. The molecule has 0 bridgehead atoms. The first kappa shape index (κ1) is 57.7. The van der Waals surface area contributed by atoms with Gasteiger partial charge in [-0.25, -0.2) is 15.0 Å². The van der Waals surface area contributed by atoms with E-state index in [1.165, 1.54) is 35.3 Å². The Kier molecular flexibility index (Phi) is 17.7. The van der Waals surface area contributed by atoms with Crippen LogP contribution in [0.1, 0.15) is 27.8 Å². The second kappa shape index (κ2) is 26.7. The monoisotopic (exact) mass is 1200 g/mol. The van der Waals surface area contributed by atoms with Gasteiger partial charge >= 0.3 is 0 Å². The van der Waals surface area contributed by atoms with E-state index in [9.17, 15) is 14.7 Å². The van der Waals surface area contributed by atoms with E-state index in [0.717, 1.165) is 56.0 Å². The number of nitrogens with zero attached hydrogens (tertiary/aromatic N) is 6. The van der Waals surface area contributed by atoms with Crippen LogP contribution in [0.4, 0.5) is 34.1 Å². The van der Waals surface area contributed by atoms with Crippen molar-refractivity contribution in [2.45, 2.75) is 19.4 Å². The van der Waals surface area contributed by atoms with Crippen molar-refractivity contribution >= 4 is 115 Å². The van der Waals surface area contributed by atoms with E-state index >= 15 is 0 Å². The van der Waals surface area contributed by atoms with Crippen molar-refractivity contribution < 1.29 is 33.6 Å². The first-order chi connectivity index (χ1) is 42.7. The van der Waals surface area contributed by atoms with Gasteiger partial charge in [-0.3, -0.25) is 24.3 Å². The van der Waals surface area contributed by atoms with Crippen LogP contribution < -0.4 is 28.9 Å². The van der Waals surface area contributed by atoms with E-state index in [1.54, 1.807) is 31.1 Å². The first-order valence-corrected chi connectivity index (χ1v) is 30.2. The third-order valence-electron chi connectivity index (χ3n) is 14.1. The van der Waals surface area contributed by atoms with Gasteiger partial charge < -0.3 is 24.1 Å². The van der Waals surface area contributed by atoms with E-state index in [1.807, 2.05) is 254 Å². The fourth-order valence-corrected chi connectivity index (χ4v) is 13.0. The summed E-state index contributed by atoms with van der Waals surface area (Å²) in [5.41, 5.74) is 10.0. The number of rotatable bonds is 17. The summed E-state index contributed by atoms with van der Waals surface area (Å²) in [5, 5.41) is 13.8. The van der Waals surface area contributed by atoms with Crippen molar-refractivity contribution in [3.8, 4) is 28.4 Å². The number of thioether (sulfide) groups is 3. The summed E-state index contributed by atoms with van der Waals surface area (Å²) in [5.74, 6) is 1.28. The van der Waals surface area contributed by atoms with Crippen LogP contribution in [0.15, 0.2) is 260 Å². The van der Waals surface area contributed by atoms with Gasteiger partial charge in [-0.2, -0.15) is 0 Å². The second-order valence-corrected chi connectivity index (χ2v) is 23.0. The minimum Gasteiger partial charge on any atom is -0.493 e. The zero-order chi connectivity index (χ0) is 59.6. The number of amidine groups is 3. The molecule has 430 valence electrons. The van der Waals surface area contributed by atoms with Crippen molar-refractivity contribution in [2.24, 2.45) is 15.0 Å². The molecule has 16 heteroatoms. The highest BCUT2D eigenvalue weighted by Crippen LogP contribution is 2.44. The van der Waals surface area contributed by atoms with Crippen LogP contribution in [0.25, 0.3) is 29.4 Å². The third kappa shape index (κ3) is 13.3. The Labute approximate surface area is 517 Å².